The van der Waals surface area contributed by atoms with E-state index in [1.807, 2.05) is 28.5 Å². The van der Waals surface area contributed by atoms with E-state index in [0.29, 0.717) is 30.2 Å². The largest absolute Gasteiger partial charge is 0.359 e. The second-order valence-electron chi connectivity index (χ2n) is 7.63. The Hall–Kier alpha value is -3.33. The number of hydrogen-bond acceptors (Lipinski definition) is 7. The average Bonchev–Trinajstić information content (AvgIpc) is 3.36. The third kappa shape index (κ3) is 3.88. The normalized spacial score (nSPS) is 18.5. The number of amides is 2. The smallest absolute Gasteiger partial charge is 0.256 e. The number of thiazole rings is 1. The van der Waals surface area contributed by atoms with Crippen LogP contribution in [0.15, 0.2) is 48.2 Å². The van der Waals surface area contributed by atoms with E-state index in [2.05, 4.69) is 20.3 Å². The molecule has 1 unspecified atom stereocenters. The highest BCUT2D eigenvalue weighted by Gasteiger charge is 2.32. The van der Waals surface area contributed by atoms with Crippen LogP contribution >= 0.6 is 11.3 Å². The lowest BCUT2D eigenvalue weighted by atomic mass is 10.0. The van der Waals surface area contributed by atoms with Crippen molar-refractivity contribution < 1.29 is 9.59 Å². The summed E-state index contributed by atoms with van der Waals surface area (Å²) >= 11 is 1.58. The third-order valence-electron chi connectivity index (χ3n) is 5.66. The van der Waals surface area contributed by atoms with Gasteiger partial charge in [0.05, 0.1) is 36.1 Å². The van der Waals surface area contributed by atoms with E-state index in [-0.39, 0.29) is 24.4 Å². The Kier molecular flexibility index (Phi) is 5.33. The van der Waals surface area contributed by atoms with Gasteiger partial charge in [0.15, 0.2) is 5.82 Å². The summed E-state index contributed by atoms with van der Waals surface area (Å²) in [5, 5.41) is 5.96. The van der Waals surface area contributed by atoms with E-state index in [1.165, 1.54) is 0 Å². The molecule has 158 valence electrons. The number of rotatable bonds is 4. The Labute approximate surface area is 184 Å². The number of pyridine rings is 2. The summed E-state index contributed by atoms with van der Waals surface area (Å²) in [7, 11) is 0. The number of nitrogens with one attached hydrogen (secondary N) is 1. The zero-order valence-corrected chi connectivity index (χ0v) is 17.7. The number of piperidine rings is 1. The number of anilines is 2. The molecule has 3 aromatic heterocycles. The summed E-state index contributed by atoms with van der Waals surface area (Å²) < 4.78 is 0. The third-order valence-corrected chi connectivity index (χ3v) is 6.54. The van der Waals surface area contributed by atoms with Crippen LogP contribution in [0.2, 0.25) is 0 Å². The molecule has 2 aliphatic heterocycles. The maximum Gasteiger partial charge on any atom is 0.256 e. The molecule has 0 saturated carbocycles. The molecule has 0 bridgehead atoms. The molecule has 1 N–H and O–H groups in total. The van der Waals surface area contributed by atoms with Crippen LogP contribution in [0.5, 0.6) is 0 Å². The lowest BCUT2D eigenvalue weighted by Gasteiger charge is -2.35. The van der Waals surface area contributed by atoms with E-state index in [1.54, 1.807) is 40.9 Å². The summed E-state index contributed by atoms with van der Waals surface area (Å²) in [5.74, 6) is 0.441. The summed E-state index contributed by atoms with van der Waals surface area (Å²) in [6.45, 7) is 1.19. The first-order chi connectivity index (χ1) is 15.2. The summed E-state index contributed by atoms with van der Waals surface area (Å²) in [5.41, 5.74) is 1.86. The summed E-state index contributed by atoms with van der Waals surface area (Å²) in [6.07, 6.45) is 8.03. The average molecular weight is 435 g/mol. The number of fused-ring (bicyclic) bond motifs is 1. The van der Waals surface area contributed by atoms with Crippen LogP contribution in [0.1, 0.15) is 46.4 Å². The lowest BCUT2D eigenvalue weighted by Crippen LogP contribution is -2.41. The van der Waals surface area contributed by atoms with Crippen molar-refractivity contribution in [3.8, 4) is 0 Å². The van der Waals surface area contributed by atoms with Gasteiger partial charge in [0.1, 0.15) is 5.01 Å². The molecule has 0 spiro atoms. The summed E-state index contributed by atoms with van der Waals surface area (Å²) in [6, 6.07) is 7.37. The molecule has 2 amide bonds. The first-order valence-corrected chi connectivity index (χ1v) is 11.2. The molecule has 9 heteroatoms. The van der Waals surface area contributed by atoms with Gasteiger partial charge in [0, 0.05) is 30.5 Å². The quantitative estimate of drug-likeness (QED) is 0.678. The standard InChI is InChI=1S/C22H22N6O2S/c29-19-13-26-20-18(28(19)14-16-5-1-3-7-23-16)11-15(12-25-20)22(30)27-9-4-2-6-17(27)21-24-8-10-31-21/h1,3,5,7-8,10-12,17H,2,4,6,9,13-14H2,(H,25,26). The zero-order valence-electron chi connectivity index (χ0n) is 16.9. The van der Waals surface area contributed by atoms with Crippen LogP contribution in [0, 0.1) is 0 Å². The monoisotopic (exact) mass is 434 g/mol. The molecule has 0 radical (unpaired) electrons. The predicted molar refractivity (Wildman–Crippen MR) is 118 cm³/mol. The van der Waals surface area contributed by atoms with E-state index in [9.17, 15) is 9.59 Å². The number of carbonyl (C=O) groups is 2. The summed E-state index contributed by atoms with van der Waals surface area (Å²) in [4.78, 5) is 42.9. The second kappa shape index (κ2) is 8.43. The molecule has 0 aromatic carbocycles. The first kappa shape index (κ1) is 19.6. The highest BCUT2D eigenvalue weighted by atomic mass is 32.1. The molecule has 3 aromatic rings. The lowest BCUT2D eigenvalue weighted by molar-refractivity contribution is -0.117. The fourth-order valence-electron chi connectivity index (χ4n) is 4.12. The number of hydrogen-bond donors (Lipinski definition) is 1. The van der Waals surface area contributed by atoms with Crippen molar-refractivity contribution in [2.75, 3.05) is 23.3 Å². The molecular formula is C22H22N6O2S. The molecule has 5 rings (SSSR count). The van der Waals surface area contributed by atoms with Crippen molar-refractivity contribution in [3.63, 3.8) is 0 Å². The van der Waals surface area contributed by atoms with E-state index in [4.69, 9.17) is 0 Å². The number of carbonyl (C=O) groups excluding carboxylic acids is 2. The molecule has 5 heterocycles. The molecular weight excluding hydrogens is 412 g/mol. The molecule has 0 aliphatic carbocycles. The van der Waals surface area contributed by atoms with Gasteiger partial charge in [-0.3, -0.25) is 14.6 Å². The van der Waals surface area contributed by atoms with Crippen LogP contribution < -0.4 is 10.2 Å². The molecule has 8 nitrogen and oxygen atoms in total. The minimum atomic E-state index is -0.0804. The minimum Gasteiger partial charge on any atom is -0.359 e. The topological polar surface area (TPSA) is 91.3 Å². The Bertz CT molecular complexity index is 1090. The van der Waals surface area contributed by atoms with E-state index in [0.717, 1.165) is 30.0 Å². The maximum absolute atomic E-state index is 13.5. The van der Waals surface area contributed by atoms with Gasteiger partial charge >= 0.3 is 0 Å². The van der Waals surface area contributed by atoms with Crippen molar-refractivity contribution in [2.45, 2.75) is 31.8 Å². The molecule has 1 atom stereocenters. The van der Waals surface area contributed by atoms with E-state index >= 15 is 0 Å². The Balaban J connectivity index is 1.45. The van der Waals surface area contributed by atoms with Crippen molar-refractivity contribution >= 4 is 34.7 Å². The van der Waals surface area contributed by atoms with Crippen LogP contribution in [-0.2, 0) is 11.3 Å². The Morgan fingerprint density at radius 3 is 2.94 bits per heavy atom. The highest BCUT2D eigenvalue weighted by molar-refractivity contribution is 7.09. The fraction of sp³-hybridized carbons (Fsp3) is 0.318. The Morgan fingerprint density at radius 1 is 1.19 bits per heavy atom. The number of likely N-dealkylation sites (tertiary alicyclic amines) is 1. The van der Waals surface area contributed by atoms with Gasteiger partial charge in [-0.15, -0.1) is 11.3 Å². The van der Waals surface area contributed by atoms with Crippen LogP contribution in [-0.4, -0.2) is 44.8 Å². The van der Waals surface area contributed by atoms with Crippen molar-refractivity contribution in [1.82, 2.24) is 19.9 Å². The van der Waals surface area contributed by atoms with Gasteiger partial charge < -0.3 is 15.1 Å². The van der Waals surface area contributed by atoms with Crippen molar-refractivity contribution in [1.29, 1.82) is 0 Å². The van der Waals surface area contributed by atoms with Gasteiger partial charge in [-0.2, -0.15) is 0 Å². The molecule has 1 fully saturated rings. The minimum absolute atomic E-state index is 0.0124. The van der Waals surface area contributed by atoms with Crippen LogP contribution in [0.3, 0.4) is 0 Å². The van der Waals surface area contributed by atoms with Crippen LogP contribution in [0.4, 0.5) is 11.5 Å². The zero-order chi connectivity index (χ0) is 21.2. The number of nitrogens with zero attached hydrogens (tertiary/aromatic N) is 5. The first-order valence-electron chi connectivity index (χ1n) is 10.4. The molecule has 2 aliphatic rings. The fourth-order valence-corrected chi connectivity index (χ4v) is 4.91. The molecule has 31 heavy (non-hydrogen) atoms. The predicted octanol–water partition coefficient (Wildman–Crippen LogP) is 3.26. The van der Waals surface area contributed by atoms with Gasteiger partial charge in [0.2, 0.25) is 5.91 Å². The van der Waals surface area contributed by atoms with Crippen molar-refractivity contribution in [3.05, 3.63) is 64.5 Å². The Morgan fingerprint density at radius 2 is 2.13 bits per heavy atom. The molecule has 1 saturated heterocycles. The van der Waals surface area contributed by atoms with Gasteiger partial charge in [-0.1, -0.05) is 6.07 Å². The van der Waals surface area contributed by atoms with Gasteiger partial charge in [0.25, 0.3) is 5.91 Å². The highest BCUT2D eigenvalue weighted by Crippen LogP contribution is 2.35. The van der Waals surface area contributed by atoms with Crippen molar-refractivity contribution in [2.24, 2.45) is 0 Å². The van der Waals surface area contributed by atoms with Gasteiger partial charge in [-0.05, 0) is 37.5 Å². The maximum atomic E-state index is 13.5. The number of aromatic nitrogens is 3. The van der Waals surface area contributed by atoms with E-state index < -0.39 is 0 Å². The van der Waals surface area contributed by atoms with Crippen LogP contribution in [0.25, 0.3) is 0 Å². The van der Waals surface area contributed by atoms with Gasteiger partial charge in [-0.25, -0.2) is 9.97 Å². The second-order valence-corrected chi connectivity index (χ2v) is 8.55. The SMILES string of the molecule is O=C1CNc2ncc(C(=O)N3CCCCC3c3nccs3)cc2N1Cc1ccccn1.